The second-order valence-corrected chi connectivity index (χ2v) is 8.32. The van der Waals surface area contributed by atoms with E-state index >= 15 is 0 Å². The summed E-state index contributed by atoms with van der Waals surface area (Å²) >= 11 is 0. The average Bonchev–Trinajstić information content (AvgIpc) is 3.19. The van der Waals surface area contributed by atoms with Gasteiger partial charge in [-0.3, -0.25) is 4.90 Å². The lowest BCUT2D eigenvalue weighted by Gasteiger charge is -2.38. The molecule has 2 unspecified atom stereocenters. The molecule has 0 bridgehead atoms. The molecule has 1 aromatic heterocycles. The minimum absolute atomic E-state index is 0.302. The number of aliphatic hydroxyl groups excluding tert-OH is 1. The minimum Gasteiger partial charge on any atom is -0.396 e. The number of hydrogen-bond donors (Lipinski definition) is 2. The van der Waals surface area contributed by atoms with Crippen molar-refractivity contribution >= 4 is 0 Å². The van der Waals surface area contributed by atoms with E-state index in [2.05, 4.69) is 33.9 Å². The molecule has 1 saturated heterocycles. The topological polar surface area (TPSA) is 55.4 Å². The van der Waals surface area contributed by atoms with Crippen molar-refractivity contribution in [1.82, 2.24) is 19.8 Å². The van der Waals surface area contributed by atoms with Crippen molar-refractivity contribution in [1.29, 1.82) is 0 Å². The Balaban J connectivity index is 1.54. The van der Waals surface area contributed by atoms with Gasteiger partial charge in [0.05, 0.1) is 0 Å². The Morgan fingerprint density at radius 1 is 1.21 bits per heavy atom. The van der Waals surface area contributed by atoms with E-state index in [1.807, 2.05) is 6.20 Å². The van der Waals surface area contributed by atoms with Crippen molar-refractivity contribution in [3.05, 3.63) is 17.7 Å². The second-order valence-electron chi connectivity index (χ2n) is 8.32. The number of nitrogens with one attached hydrogen (secondary N) is 1. The number of rotatable bonds is 7. The Hall–Kier alpha value is -0.910. The molecular formula is C19H34N4O. The van der Waals surface area contributed by atoms with Crippen LogP contribution in [0.2, 0.25) is 0 Å². The van der Waals surface area contributed by atoms with Gasteiger partial charge in [-0.15, -0.1) is 0 Å². The molecule has 0 amide bonds. The summed E-state index contributed by atoms with van der Waals surface area (Å²) in [6.45, 7) is 4.44. The number of aromatic nitrogens is 2. The summed E-state index contributed by atoms with van der Waals surface area (Å²) in [5.74, 6) is 3.05. The van der Waals surface area contributed by atoms with Crippen LogP contribution in [0.15, 0.2) is 6.20 Å². The molecular weight excluding hydrogens is 300 g/mol. The maximum absolute atomic E-state index is 9.63. The number of H-pyrrole nitrogens is 1. The first kappa shape index (κ1) is 17.9. The summed E-state index contributed by atoms with van der Waals surface area (Å²) in [6, 6.07) is 0. The normalized spacial score (nSPS) is 26.5. The summed E-state index contributed by atoms with van der Waals surface area (Å²) in [5.41, 5.74) is 1.23. The SMILES string of the molecule is CN(C)CC1CC(CO)CN(Cc2cnc(CC3CCCC3)[nH]2)C1. The molecule has 1 saturated carbocycles. The first-order valence-corrected chi connectivity index (χ1v) is 9.63. The molecule has 1 aromatic rings. The zero-order chi connectivity index (χ0) is 16.9. The molecule has 1 aliphatic carbocycles. The van der Waals surface area contributed by atoms with E-state index in [1.165, 1.54) is 31.4 Å². The van der Waals surface area contributed by atoms with E-state index in [9.17, 15) is 5.11 Å². The zero-order valence-electron chi connectivity index (χ0n) is 15.4. The standard InChI is InChI=1S/C19H34N4O/c1-22(2)10-16-7-17(14-24)12-23(11-16)13-18-9-20-19(21-18)8-15-5-3-4-6-15/h9,15-17,24H,3-8,10-14H2,1-2H3,(H,20,21). The number of likely N-dealkylation sites (tertiary alicyclic amines) is 1. The van der Waals surface area contributed by atoms with E-state index in [-0.39, 0.29) is 0 Å². The van der Waals surface area contributed by atoms with Crippen LogP contribution in [0.3, 0.4) is 0 Å². The number of piperidine rings is 1. The van der Waals surface area contributed by atoms with Crippen LogP contribution < -0.4 is 0 Å². The molecule has 2 fully saturated rings. The highest BCUT2D eigenvalue weighted by atomic mass is 16.3. The Morgan fingerprint density at radius 2 is 1.96 bits per heavy atom. The van der Waals surface area contributed by atoms with Crippen LogP contribution in [0.4, 0.5) is 0 Å². The van der Waals surface area contributed by atoms with Crippen molar-refractivity contribution in [2.45, 2.75) is 45.1 Å². The van der Waals surface area contributed by atoms with Gasteiger partial charge in [0.15, 0.2) is 0 Å². The van der Waals surface area contributed by atoms with E-state index < -0.39 is 0 Å². The summed E-state index contributed by atoms with van der Waals surface area (Å²) in [6.07, 6.45) is 9.79. The Kier molecular flexibility index (Phi) is 6.31. The van der Waals surface area contributed by atoms with Crippen molar-refractivity contribution in [3.63, 3.8) is 0 Å². The van der Waals surface area contributed by atoms with Crippen LogP contribution in [0.5, 0.6) is 0 Å². The molecule has 3 rings (SSSR count). The van der Waals surface area contributed by atoms with Crippen molar-refractivity contribution < 1.29 is 5.11 Å². The fraction of sp³-hybridized carbons (Fsp3) is 0.842. The summed E-state index contributed by atoms with van der Waals surface area (Å²) in [5, 5.41) is 9.63. The maximum Gasteiger partial charge on any atom is 0.106 e. The lowest BCUT2D eigenvalue weighted by molar-refractivity contribution is 0.0685. The summed E-state index contributed by atoms with van der Waals surface area (Å²) < 4.78 is 0. The number of imidazole rings is 1. The van der Waals surface area contributed by atoms with Gasteiger partial charge < -0.3 is 15.0 Å². The second kappa shape index (κ2) is 8.45. The highest BCUT2D eigenvalue weighted by Gasteiger charge is 2.27. The van der Waals surface area contributed by atoms with E-state index in [4.69, 9.17) is 0 Å². The Bertz CT molecular complexity index is 495. The molecule has 0 spiro atoms. The fourth-order valence-corrected chi connectivity index (χ4v) is 4.65. The number of aromatic amines is 1. The summed E-state index contributed by atoms with van der Waals surface area (Å²) in [7, 11) is 4.27. The monoisotopic (exact) mass is 334 g/mol. The van der Waals surface area contributed by atoms with Gasteiger partial charge in [-0.25, -0.2) is 4.98 Å². The van der Waals surface area contributed by atoms with Gasteiger partial charge in [0, 0.05) is 51.1 Å². The van der Waals surface area contributed by atoms with Gasteiger partial charge in [-0.1, -0.05) is 25.7 Å². The van der Waals surface area contributed by atoms with Crippen molar-refractivity contribution in [2.24, 2.45) is 17.8 Å². The highest BCUT2D eigenvalue weighted by molar-refractivity contribution is 5.03. The predicted molar refractivity (Wildman–Crippen MR) is 96.8 cm³/mol. The third kappa shape index (κ3) is 5.04. The fourth-order valence-electron chi connectivity index (χ4n) is 4.65. The van der Waals surface area contributed by atoms with Crippen LogP contribution in [-0.4, -0.2) is 65.2 Å². The average molecular weight is 335 g/mol. The van der Waals surface area contributed by atoms with Crippen molar-refractivity contribution in [2.75, 3.05) is 40.3 Å². The molecule has 24 heavy (non-hydrogen) atoms. The van der Waals surface area contributed by atoms with Crippen LogP contribution in [0.25, 0.3) is 0 Å². The number of nitrogens with zero attached hydrogens (tertiary/aromatic N) is 3. The number of aliphatic hydroxyl groups is 1. The zero-order valence-corrected chi connectivity index (χ0v) is 15.4. The van der Waals surface area contributed by atoms with Crippen LogP contribution in [0.1, 0.15) is 43.6 Å². The first-order chi connectivity index (χ1) is 11.6. The molecule has 1 aliphatic heterocycles. The predicted octanol–water partition coefficient (Wildman–Crippen LogP) is 2.13. The van der Waals surface area contributed by atoms with Gasteiger partial charge in [-0.2, -0.15) is 0 Å². The lowest BCUT2D eigenvalue weighted by atomic mass is 9.89. The molecule has 5 heteroatoms. The minimum atomic E-state index is 0.302. The quantitative estimate of drug-likeness (QED) is 0.802. The molecule has 5 nitrogen and oxygen atoms in total. The van der Waals surface area contributed by atoms with Crippen LogP contribution in [0, 0.1) is 17.8 Å². The number of hydrogen-bond acceptors (Lipinski definition) is 4. The molecule has 2 aliphatic rings. The molecule has 0 radical (unpaired) electrons. The van der Waals surface area contributed by atoms with Gasteiger partial charge in [-0.05, 0) is 38.3 Å². The third-order valence-electron chi connectivity index (χ3n) is 5.61. The van der Waals surface area contributed by atoms with Crippen LogP contribution >= 0.6 is 0 Å². The largest absolute Gasteiger partial charge is 0.396 e. The van der Waals surface area contributed by atoms with E-state index in [0.717, 1.165) is 50.8 Å². The molecule has 0 aromatic carbocycles. The van der Waals surface area contributed by atoms with Gasteiger partial charge in [0.1, 0.15) is 5.82 Å². The molecule has 2 atom stereocenters. The molecule has 136 valence electrons. The maximum atomic E-state index is 9.63. The first-order valence-electron chi connectivity index (χ1n) is 9.63. The van der Waals surface area contributed by atoms with Gasteiger partial charge >= 0.3 is 0 Å². The van der Waals surface area contributed by atoms with E-state index in [0.29, 0.717) is 18.4 Å². The Labute approximate surface area is 146 Å². The Morgan fingerprint density at radius 3 is 2.67 bits per heavy atom. The lowest BCUT2D eigenvalue weighted by Crippen LogP contribution is -2.44. The van der Waals surface area contributed by atoms with Gasteiger partial charge in [0.2, 0.25) is 0 Å². The van der Waals surface area contributed by atoms with Crippen molar-refractivity contribution in [3.8, 4) is 0 Å². The van der Waals surface area contributed by atoms with Gasteiger partial charge in [0.25, 0.3) is 0 Å². The smallest absolute Gasteiger partial charge is 0.106 e. The summed E-state index contributed by atoms with van der Waals surface area (Å²) in [4.78, 5) is 12.9. The molecule has 2 N–H and O–H groups in total. The van der Waals surface area contributed by atoms with E-state index in [1.54, 1.807) is 0 Å². The molecule has 2 heterocycles. The van der Waals surface area contributed by atoms with Crippen LogP contribution in [-0.2, 0) is 13.0 Å². The third-order valence-corrected chi connectivity index (χ3v) is 5.61. The highest BCUT2D eigenvalue weighted by Crippen LogP contribution is 2.27.